The van der Waals surface area contributed by atoms with Crippen LogP contribution in [0, 0.1) is 13.8 Å². The van der Waals surface area contributed by atoms with Crippen LogP contribution in [0.4, 0.5) is 0 Å². The van der Waals surface area contributed by atoms with Gasteiger partial charge in [0.05, 0.1) is 10.6 Å². The van der Waals surface area contributed by atoms with Gasteiger partial charge in [-0.1, -0.05) is 16.4 Å². The van der Waals surface area contributed by atoms with Crippen LogP contribution in [0.25, 0.3) is 10.7 Å². The third-order valence-corrected chi connectivity index (χ3v) is 4.62. The number of rotatable bonds is 7. The quantitative estimate of drug-likeness (QED) is 0.660. The van der Waals surface area contributed by atoms with E-state index in [2.05, 4.69) is 27.2 Å². The fourth-order valence-electron chi connectivity index (χ4n) is 2.44. The van der Waals surface area contributed by atoms with Crippen LogP contribution in [0.2, 0.25) is 0 Å². The molecule has 0 spiro atoms. The lowest BCUT2D eigenvalue weighted by atomic mass is 10.2. The van der Waals surface area contributed by atoms with Crippen molar-refractivity contribution >= 4 is 11.3 Å². The lowest BCUT2D eigenvalue weighted by Gasteiger charge is -2.15. The highest BCUT2D eigenvalue weighted by atomic mass is 32.1. The van der Waals surface area contributed by atoms with E-state index in [1.54, 1.807) is 11.3 Å². The Morgan fingerprint density at radius 3 is 2.78 bits per heavy atom. The maximum atomic E-state index is 5.32. The van der Waals surface area contributed by atoms with Crippen molar-refractivity contribution in [3.05, 3.63) is 40.4 Å². The van der Waals surface area contributed by atoms with Crippen LogP contribution in [0.15, 0.2) is 26.6 Å². The summed E-state index contributed by atoms with van der Waals surface area (Å²) in [6.45, 7) is 5.71. The van der Waals surface area contributed by atoms with E-state index in [1.165, 1.54) is 5.56 Å². The lowest BCUT2D eigenvalue weighted by molar-refractivity contribution is 0.307. The molecular weight excluding hydrogens is 312 g/mol. The van der Waals surface area contributed by atoms with Gasteiger partial charge < -0.3 is 13.9 Å². The van der Waals surface area contributed by atoms with Gasteiger partial charge in [-0.2, -0.15) is 4.98 Å². The molecule has 3 aromatic rings. The third kappa shape index (κ3) is 3.86. The lowest BCUT2D eigenvalue weighted by Crippen LogP contribution is -2.20. The first-order valence-electron chi connectivity index (χ1n) is 7.60. The number of hydrogen-bond acceptors (Lipinski definition) is 7. The van der Waals surface area contributed by atoms with Gasteiger partial charge >= 0.3 is 0 Å². The topological polar surface area (TPSA) is 68.2 Å². The van der Waals surface area contributed by atoms with Crippen LogP contribution in [0.1, 0.15) is 29.3 Å². The summed E-state index contributed by atoms with van der Waals surface area (Å²) in [5.41, 5.74) is 2.14. The molecule has 23 heavy (non-hydrogen) atoms. The molecule has 3 heterocycles. The molecule has 0 bridgehead atoms. The van der Waals surface area contributed by atoms with Crippen molar-refractivity contribution in [1.29, 1.82) is 0 Å². The number of thiophene rings is 1. The van der Waals surface area contributed by atoms with E-state index in [4.69, 9.17) is 9.05 Å². The second-order valence-corrected chi connectivity index (χ2v) is 6.58. The van der Waals surface area contributed by atoms with Crippen molar-refractivity contribution in [2.45, 2.75) is 33.2 Å². The van der Waals surface area contributed by atoms with Gasteiger partial charge in [0, 0.05) is 18.5 Å². The summed E-state index contributed by atoms with van der Waals surface area (Å²) < 4.78 is 10.5. The van der Waals surface area contributed by atoms with E-state index in [1.807, 2.05) is 31.4 Å². The van der Waals surface area contributed by atoms with Gasteiger partial charge in [-0.3, -0.25) is 0 Å². The summed E-state index contributed by atoms with van der Waals surface area (Å²) in [4.78, 5) is 7.73. The second kappa shape index (κ2) is 7.06. The molecule has 122 valence electrons. The van der Waals surface area contributed by atoms with Gasteiger partial charge in [0.25, 0.3) is 0 Å². The summed E-state index contributed by atoms with van der Waals surface area (Å²) in [7, 11) is 2.09. The van der Waals surface area contributed by atoms with Crippen LogP contribution in [-0.4, -0.2) is 33.8 Å². The van der Waals surface area contributed by atoms with Crippen molar-refractivity contribution < 1.29 is 9.05 Å². The third-order valence-electron chi connectivity index (χ3n) is 3.75. The highest BCUT2D eigenvalue weighted by molar-refractivity contribution is 7.13. The van der Waals surface area contributed by atoms with Crippen molar-refractivity contribution in [2.75, 3.05) is 13.6 Å². The van der Waals surface area contributed by atoms with Crippen molar-refractivity contribution in [3.8, 4) is 10.7 Å². The normalized spacial score (nSPS) is 11.5. The van der Waals surface area contributed by atoms with E-state index in [9.17, 15) is 0 Å². The van der Waals surface area contributed by atoms with Crippen LogP contribution in [0.3, 0.4) is 0 Å². The molecule has 0 aliphatic rings. The Morgan fingerprint density at radius 2 is 2.09 bits per heavy atom. The van der Waals surface area contributed by atoms with Crippen molar-refractivity contribution in [3.63, 3.8) is 0 Å². The van der Waals surface area contributed by atoms with Gasteiger partial charge in [0.1, 0.15) is 5.76 Å². The molecule has 6 nitrogen and oxygen atoms in total. The minimum Gasteiger partial charge on any atom is -0.361 e. The molecule has 0 radical (unpaired) electrons. The SMILES string of the molecule is Cc1noc(C)c1CN(C)CCCc1nc(-c2cccs2)no1. The first kappa shape index (κ1) is 15.9. The molecule has 0 saturated carbocycles. The van der Waals surface area contributed by atoms with Gasteiger partial charge in [-0.25, -0.2) is 0 Å². The molecule has 3 rings (SSSR count). The molecule has 0 atom stereocenters. The van der Waals surface area contributed by atoms with Crippen LogP contribution in [0.5, 0.6) is 0 Å². The maximum absolute atomic E-state index is 5.32. The van der Waals surface area contributed by atoms with Gasteiger partial charge in [-0.15, -0.1) is 11.3 Å². The number of aromatic nitrogens is 3. The smallest absolute Gasteiger partial charge is 0.227 e. The summed E-state index contributed by atoms with van der Waals surface area (Å²) in [5, 5.41) is 10.0. The highest BCUT2D eigenvalue weighted by Gasteiger charge is 2.12. The molecule has 0 unspecified atom stereocenters. The Balaban J connectivity index is 1.48. The molecule has 0 N–H and O–H groups in total. The zero-order valence-electron chi connectivity index (χ0n) is 13.6. The fourth-order valence-corrected chi connectivity index (χ4v) is 3.09. The van der Waals surface area contributed by atoms with Gasteiger partial charge in [-0.05, 0) is 45.3 Å². The average Bonchev–Trinajstić information content (AvgIpc) is 3.25. The van der Waals surface area contributed by atoms with Gasteiger partial charge in [0.2, 0.25) is 11.7 Å². The summed E-state index contributed by atoms with van der Waals surface area (Å²) in [6, 6.07) is 3.98. The average molecular weight is 332 g/mol. The molecule has 0 aliphatic carbocycles. The fraction of sp³-hybridized carbons (Fsp3) is 0.438. The van der Waals surface area contributed by atoms with E-state index in [-0.39, 0.29) is 0 Å². The van der Waals surface area contributed by atoms with Gasteiger partial charge in [0.15, 0.2) is 0 Å². The predicted octanol–water partition coefficient (Wildman–Crippen LogP) is 3.47. The van der Waals surface area contributed by atoms with E-state index in [0.29, 0.717) is 11.7 Å². The van der Waals surface area contributed by atoms with Crippen LogP contribution in [-0.2, 0) is 13.0 Å². The Labute approximate surface area is 139 Å². The van der Waals surface area contributed by atoms with E-state index < -0.39 is 0 Å². The number of nitrogens with zero attached hydrogens (tertiary/aromatic N) is 4. The molecule has 7 heteroatoms. The number of aryl methyl sites for hydroxylation is 3. The molecule has 3 aromatic heterocycles. The molecular formula is C16H20N4O2S. The van der Waals surface area contributed by atoms with Crippen molar-refractivity contribution in [2.24, 2.45) is 0 Å². The van der Waals surface area contributed by atoms with Crippen LogP contribution < -0.4 is 0 Å². The molecule has 0 aliphatic heterocycles. The number of hydrogen-bond donors (Lipinski definition) is 0. The van der Waals surface area contributed by atoms with E-state index >= 15 is 0 Å². The Morgan fingerprint density at radius 1 is 1.22 bits per heavy atom. The minimum absolute atomic E-state index is 0.680. The molecule has 0 aromatic carbocycles. The molecule has 0 saturated heterocycles. The Bertz CT molecular complexity index is 729. The first-order chi connectivity index (χ1) is 11.1. The monoisotopic (exact) mass is 332 g/mol. The zero-order chi connectivity index (χ0) is 16.2. The second-order valence-electron chi connectivity index (χ2n) is 5.63. The molecule has 0 amide bonds. The minimum atomic E-state index is 0.680. The standard InChI is InChI=1S/C16H20N4O2S/c1-11-13(12(2)21-18-11)10-20(3)8-4-7-15-17-16(19-22-15)14-6-5-9-23-14/h5-6,9H,4,7-8,10H2,1-3H3. The summed E-state index contributed by atoms with van der Waals surface area (Å²) in [6.07, 6.45) is 1.75. The Hall–Kier alpha value is -1.99. The Kier molecular flexibility index (Phi) is 4.88. The van der Waals surface area contributed by atoms with Crippen molar-refractivity contribution in [1.82, 2.24) is 20.2 Å². The largest absolute Gasteiger partial charge is 0.361 e. The summed E-state index contributed by atoms with van der Waals surface area (Å²) >= 11 is 1.61. The van der Waals surface area contributed by atoms with Crippen LogP contribution >= 0.6 is 11.3 Å². The molecule has 0 fully saturated rings. The maximum Gasteiger partial charge on any atom is 0.227 e. The summed E-state index contributed by atoms with van der Waals surface area (Å²) in [5.74, 6) is 2.27. The zero-order valence-corrected chi connectivity index (χ0v) is 14.4. The predicted molar refractivity (Wildman–Crippen MR) is 88.2 cm³/mol. The van der Waals surface area contributed by atoms with E-state index in [0.717, 1.165) is 42.3 Å². The first-order valence-corrected chi connectivity index (χ1v) is 8.48. The highest BCUT2D eigenvalue weighted by Crippen LogP contribution is 2.21.